The van der Waals surface area contributed by atoms with Crippen molar-refractivity contribution in [3.63, 3.8) is 0 Å². The van der Waals surface area contributed by atoms with Crippen LogP contribution < -0.4 is 15.4 Å². The molecule has 1 heterocycles. The number of urea groups is 1. The molecule has 1 aliphatic heterocycles. The number of carbonyl (C=O) groups is 2. The minimum absolute atomic E-state index is 0.0640. The Morgan fingerprint density at radius 1 is 1.36 bits per heavy atom. The summed E-state index contributed by atoms with van der Waals surface area (Å²) in [4.78, 5) is 23.7. The lowest BCUT2D eigenvalue weighted by atomic mass is 10.0. The minimum atomic E-state index is -0.465. The molecule has 0 saturated carbocycles. The number of amides is 2. The van der Waals surface area contributed by atoms with Gasteiger partial charge in [0.05, 0.1) is 28.4 Å². The molecule has 22 heavy (non-hydrogen) atoms. The van der Waals surface area contributed by atoms with Crippen LogP contribution in [0.25, 0.3) is 0 Å². The second kappa shape index (κ2) is 7.31. The van der Waals surface area contributed by atoms with Crippen molar-refractivity contribution in [2.75, 3.05) is 13.2 Å². The van der Waals surface area contributed by atoms with E-state index < -0.39 is 12.0 Å². The molecule has 0 radical (unpaired) electrons. The molecule has 0 fully saturated rings. The largest absolute Gasteiger partial charge is 0.486 e. The third-order valence-electron chi connectivity index (χ3n) is 3.07. The first-order valence-electron chi connectivity index (χ1n) is 6.88. The number of benzene rings is 1. The first-order valence-corrected chi connectivity index (χ1v) is 7.67. The Hall–Kier alpha value is -2.02. The highest BCUT2D eigenvalue weighted by Gasteiger charge is 2.29. The van der Waals surface area contributed by atoms with Crippen LogP contribution in [0.5, 0.6) is 5.75 Å². The standard InChI is InChI=1S/C15H17BrN2O4/c1-3-21-14(19)13-9(2)17-15(20)18-11(13)8-22-12-7-5-4-6-10(12)16/h4-7,9H,3,8H2,1-2H3,(H2,17,18,20)/t9-/m0/s1. The lowest BCUT2D eigenvalue weighted by molar-refractivity contribution is -0.139. The number of rotatable bonds is 5. The van der Waals surface area contributed by atoms with Crippen LogP contribution in [0.4, 0.5) is 4.79 Å². The number of nitrogens with one attached hydrogen (secondary N) is 2. The van der Waals surface area contributed by atoms with Gasteiger partial charge in [-0.1, -0.05) is 12.1 Å². The fourth-order valence-electron chi connectivity index (χ4n) is 2.10. The summed E-state index contributed by atoms with van der Waals surface area (Å²) in [6.45, 7) is 3.79. The average Bonchev–Trinajstić information content (AvgIpc) is 2.46. The van der Waals surface area contributed by atoms with E-state index in [4.69, 9.17) is 9.47 Å². The molecule has 1 atom stereocenters. The van der Waals surface area contributed by atoms with Crippen LogP contribution in [0.2, 0.25) is 0 Å². The van der Waals surface area contributed by atoms with E-state index >= 15 is 0 Å². The Morgan fingerprint density at radius 2 is 2.09 bits per heavy atom. The summed E-state index contributed by atoms with van der Waals surface area (Å²) in [6, 6.07) is 6.54. The molecule has 118 valence electrons. The number of hydrogen-bond acceptors (Lipinski definition) is 4. The zero-order valence-electron chi connectivity index (χ0n) is 12.3. The van der Waals surface area contributed by atoms with Gasteiger partial charge >= 0.3 is 12.0 Å². The molecule has 0 spiro atoms. The van der Waals surface area contributed by atoms with Gasteiger partial charge < -0.3 is 20.1 Å². The fourth-order valence-corrected chi connectivity index (χ4v) is 2.50. The lowest BCUT2D eigenvalue weighted by Gasteiger charge is -2.26. The van der Waals surface area contributed by atoms with Gasteiger partial charge in [-0.15, -0.1) is 0 Å². The van der Waals surface area contributed by atoms with E-state index in [-0.39, 0.29) is 19.2 Å². The number of hydrogen-bond donors (Lipinski definition) is 2. The zero-order chi connectivity index (χ0) is 16.1. The highest BCUT2D eigenvalue weighted by Crippen LogP contribution is 2.25. The second-order valence-corrected chi connectivity index (χ2v) is 5.51. The molecule has 0 bridgehead atoms. The first-order chi connectivity index (χ1) is 10.5. The van der Waals surface area contributed by atoms with Crippen LogP contribution in [-0.4, -0.2) is 31.3 Å². The van der Waals surface area contributed by atoms with Crippen molar-refractivity contribution in [1.29, 1.82) is 0 Å². The smallest absolute Gasteiger partial charge is 0.338 e. The molecule has 6 nitrogen and oxygen atoms in total. The van der Waals surface area contributed by atoms with Crippen molar-refractivity contribution in [3.05, 3.63) is 40.0 Å². The van der Waals surface area contributed by atoms with Crippen LogP contribution >= 0.6 is 15.9 Å². The molecule has 1 aromatic rings. The van der Waals surface area contributed by atoms with Gasteiger partial charge in [0.25, 0.3) is 0 Å². The molecule has 0 aromatic heterocycles. The number of carbonyl (C=O) groups excluding carboxylic acids is 2. The molecule has 2 amide bonds. The van der Waals surface area contributed by atoms with E-state index in [1.165, 1.54) is 0 Å². The van der Waals surface area contributed by atoms with Crippen LogP contribution in [0.15, 0.2) is 40.0 Å². The van der Waals surface area contributed by atoms with Gasteiger partial charge in [0.2, 0.25) is 0 Å². The highest BCUT2D eigenvalue weighted by molar-refractivity contribution is 9.10. The topological polar surface area (TPSA) is 76.7 Å². The molecule has 1 aliphatic rings. The van der Waals surface area contributed by atoms with Gasteiger partial charge in [0, 0.05) is 0 Å². The molecular formula is C15H17BrN2O4. The van der Waals surface area contributed by atoms with Crippen molar-refractivity contribution in [2.45, 2.75) is 19.9 Å². The SMILES string of the molecule is CCOC(=O)C1=C(COc2ccccc2Br)NC(=O)N[C@H]1C. The van der Waals surface area contributed by atoms with Crippen molar-refractivity contribution >= 4 is 27.9 Å². The zero-order valence-corrected chi connectivity index (χ0v) is 13.9. The van der Waals surface area contributed by atoms with E-state index in [2.05, 4.69) is 26.6 Å². The number of ether oxygens (including phenoxy) is 2. The van der Waals surface area contributed by atoms with Crippen LogP contribution in [0.3, 0.4) is 0 Å². The number of esters is 1. The summed E-state index contributed by atoms with van der Waals surface area (Å²) >= 11 is 3.38. The first kappa shape index (κ1) is 16.4. The highest BCUT2D eigenvalue weighted by atomic mass is 79.9. The third-order valence-corrected chi connectivity index (χ3v) is 3.73. The monoisotopic (exact) mass is 368 g/mol. The van der Waals surface area contributed by atoms with Gasteiger partial charge in [-0.2, -0.15) is 0 Å². The van der Waals surface area contributed by atoms with Crippen LogP contribution in [0, 0.1) is 0 Å². The normalized spacial score (nSPS) is 17.6. The predicted octanol–water partition coefficient (Wildman–Crippen LogP) is 2.35. The Bertz CT molecular complexity index is 615. The molecule has 0 aliphatic carbocycles. The Morgan fingerprint density at radius 3 is 2.77 bits per heavy atom. The Kier molecular flexibility index (Phi) is 5.43. The number of halogens is 1. The van der Waals surface area contributed by atoms with Crippen molar-refractivity contribution < 1.29 is 19.1 Å². The van der Waals surface area contributed by atoms with Crippen molar-refractivity contribution in [3.8, 4) is 5.75 Å². The fraction of sp³-hybridized carbons (Fsp3) is 0.333. The van der Waals surface area contributed by atoms with E-state index in [0.29, 0.717) is 17.0 Å². The van der Waals surface area contributed by atoms with E-state index in [9.17, 15) is 9.59 Å². The molecule has 2 N–H and O–H groups in total. The van der Waals surface area contributed by atoms with E-state index in [1.54, 1.807) is 19.9 Å². The van der Waals surface area contributed by atoms with Crippen molar-refractivity contribution in [2.24, 2.45) is 0 Å². The molecule has 0 saturated heterocycles. The molecule has 2 rings (SSSR count). The maximum absolute atomic E-state index is 12.1. The van der Waals surface area contributed by atoms with Crippen LogP contribution in [0.1, 0.15) is 13.8 Å². The summed E-state index contributed by atoms with van der Waals surface area (Å²) in [5.74, 6) is 0.159. The maximum atomic E-state index is 12.1. The lowest BCUT2D eigenvalue weighted by Crippen LogP contribution is -2.50. The van der Waals surface area contributed by atoms with E-state index in [0.717, 1.165) is 4.47 Å². The predicted molar refractivity (Wildman–Crippen MR) is 84.4 cm³/mol. The maximum Gasteiger partial charge on any atom is 0.338 e. The van der Waals surface area contributed by atoms with Crippen LogP contribution in [-0.2, 0) is 9.53 Å². The van der Waals surface area contributed by atoms with E-state index in [1.807, 2.05) is 18.2 Å². The summed E-state index contributed by atoms with van der Waals surface area (Å²) in [5.41, 5.74) is 0.777. The molecule has 0 unspecified atom stereocenters. The number of para-hydroxylation sites is 1. The molecule has 1 aromatic carbocycles. The van der Waals surface area contributed by atoms with Gasteiger partial charge in [-0.05, 0) is 41.9 Å². The quantitative estimate of drug-likeness (QED) is 0.782. The molecular weight excluding hydrogens is 352 g/mol. The average molecular weight is 369 g/mol. The van der Waals surface area contributed by atoms with Gasteiger partial charge in [0.1, 0.15) is 12.4 Å². The summed E-state index contributed by atoms with van der Waals surface area (Å²) in [5, 5.41) is 5.25. The second-order valence-electron chi connectivity index (χ2n) is 4.65. The third kappa shape index (κ3) is 3.79. The molecule has 7 heteroatoms. The summed E-state index contributed by atoms with van der Waals surface area (Å²) in [7, 11) is 0. The minimum Gasteiger partial charge on any atom is -0.486 e. The Balaban J connectivity index is 2.22. The van der Waals surface area contributed by atoms with Gasteiger partial charge in [0.15, 0.2) is 0 Å². The van der Waals surface area contributed by atoms with Gasteiger partial charge in [-0.3, -0.25) is 0 Å². The van der Waals surface area contributed by atoms with Crippen molar-refractivity contribution in [1.82, 2.24) is 10.6 Å². The summed E-state index contributed by atoms with van der Waals surface area (Å²) in [6.07, 6.45) is 0. The summed E-state index contributed by atoms with van der Waals surface area (Å²) < 4.78 is 11.5. The Labute approximate surface area is 137 Å². The van der Waals surface area contributed by atoms with Gasteiger partial charge in [-0.25, -0.2) is 9.59 Å².